The second-order valence-electron chi connectivity index (χ2n) is 16.3. The van der Waals surface area contributed by atoms with Crippen LogP contribution < -0.4 is 10.5 Å². The molecule has 5 rings (SSSR count). The number of piperidine rings is 1. The molecule has 47 heavy (non-hydrogen) atoms. The predicted octanol–water partition coefficient (Wildman–Crippen LogP) is 7.77. The maximum atomic E-state index is 12.3. The number of Topliss-reactive ketones (excluding diaryl/α,β-unsaturated/α-hetero) is 1. The molecule has 2 fully saturated rings. The van der Waals surface area contributed by atoms with E-state index in [-0.39, 0.29) is 28.8 Å². The average Bonchev–Trinajstić information content (AvgIpc) is 3.61. The molecule has 1 aliphatic carbocycles. The molecule has 0 amide bonds. The average molecular weight is 657 g/mol. The van der Waals surface area contributed by atoms with Gasteiger partial charge in [-0.15, -0.1) is 11.3 Å². The van der Waals surface area contributed by atoms with E-state index < -0.39 is 5.60 Å². The van der Waals surface area contributed by atoms with E-state index in [1.807, 2.05) is 18.3 Å². The number of ether oxygens (including phenoxy) is 1. The highest BCUT2D eigenvalue weighted by Crippen LogP contribution is 2.40. The van der Waals surface area contributed by atoms with Gasteiger partial charge in [0.15, 0.2) is 23.0 Å². The number of hydrogen-bond donors (Lipinski definition) is 2. The van der Waals surface area contributed by atoms with Crippen molar-refractivity contribution < 1.29 is 14.6 Å². The van der Waals surface area contributed by atoms with E-state index >= 15 is 0 Å². The summed E-state index contributed by atoms with van der Waals surface area (Å²) >= 11 is 1.73. The fraction of sp³-hybridized carbons (Fsp3) is 0.564. The fourth-order valence-corrected chi connectivity index (χ4v) is 7.86. The summed E-state index contributed by atoms with van der Waals surface area (Å²) in [7, 11) is 0. The normalized spacial score (nSPS) is 19.9. The van der Waals surface area contributed by atoms with Crippen molar-refractivity contribution >= 4 is 22.9 Å². The predicted molar refractivity (Wildman–Crippen MR) is 192 cm³/mol. The summed E-state index contributed by atoms with van der Waals surface area (Å²) in [6.45, 7) is 22.5. The summed E-state index contributed by atoms with van der Waals surface area (Å²) in [4.78, 5) is 25.3. The Bertz CT molecular complexity index is 1690. The summed E-state index contributed by atoms with van der Waals surface area (Å²) in [6, 6.07) is 6.10. The minimum atomic E-state index is -1.57. The van der Waals surface area contributed by atoms with Crippen molar-refractivity contribution in [2.75, 3.05) is 18.8 Å². The molecule has 7 nitrogen and oxygen atoms in total. The zero-order chi connectivity index (χ0) is 34.4. The quantitative estimate of drug-likeness (QED) is 0.271. The van der Waals surface area contributed by atoms with Gasteiger partial charge in [0.1, 0.15) is 6.61 Å². The molecule has 1 saturated carbocycles. The smallest absolute Gasteiger partial charge is 0.184 e. The van der Waals surface area contributed by atoms with Gasteiger partial charge in [-0.3, -0.25) is 9.69 Å². The zero-order valence-electron chi connectivity index (χ0n) is 29.7. The van der Waals surface area contributed by atoms with Gasteiger partial charge in [-0.1, -0.05) is 53.4 Å². The van der Waals surface area contributed by atoms with Crippen LogP contribution in [0.4, 0.5) is 5.82 Å². The van der Waals surface area contributed by atoms with Crippen molar-refractivity contribution in [3.8, 4) is 28.0 Å². The third-order valence-electron chi connectivity index (χ3n) is 9.46. The number of anilines is 1. The van der Waals surface area contributed by atoms with Gasteiger partial charge in [0.2, 0.25) is 0 Å². The van der Waals surface area contributed by atoms with Crippen LogP contribution in [0.3, 0.4) is 0 Å². The highest BCUT2D eigenvalue weighted by molar-refractivity contribution is 7.15. The molecule has 0 spiro atoms. The molecule has 1 aromatic carbocycles. The molecule has 1 unspecified atom stereocenters. The molecule has 8 heteroatoms. The lowest BCUT2D eigenvalue weighted by atomic mass is 9.72. The molecule has 3 N–H and O–H groups in total. The summed E-state index contributed by atoms with van der Waals surface area (Å²) in [5.41, 5.74) is 9.66. The van der Waals surface area contributed by atoms with Gasteiger partial charge in [-0.05, 0) is 105 Å². The first-order valence-electron chi connectivity index (χ1n) is 16.9. The van der Waals surface area contributed by atoms with Crippen molar-refractivity contribution in [2.24, 2.45) is 0 Å². The molecule has 3 heterocycles. The molecular weight excluding hydrogens is 605 g/mol. The zero-order valence-corrected chi connectivity index (χ0v) is 30.5. The van der Waals surface area contributed by atoms with Crippen molar-refractivity contribution in [1.82, 2.24) is 14.9 Å². The first-order chi connectivity index (χ1) is 21.8. The Morgan fingerprint density at radius 1 is 1.02 bits per heavy atom. The number of nitrogen functional groups attached to an aromatic ring is 1. The Morgan fingerprint density at radius 2 is 1.72 bits per heavy atom. The van der Waals surface area contributed by atoms with Crippen LogP contribution in [0, 0.1) is 11.8 Å². The van der Waals surface area contributed by atoms with Crippen LogP contribution in [0.1, 0.15) is 128 Å². The number of rotatable bonds is 5. The number of ketones is 1. The summed E-state index contributed by atoms with van der Waals surface area (Å²) < 4.78 is 6.46. The van der Waals surface area contributed by atoms with Crippen LogP contribution in [0.15, 0.2) is 30.6 Å². The van der Waals surface area contributed by atoms with Gasteiger partial charge in [-0.2, -0.15) is 0 Å². The lowest BCUT2D eigenvalue weighted by molar-refractivity contribution is -0.128. The van der Waals surface area contributed by atoms with Crippen molar-refractivity contribution in [3.05, 3.63) is 57.9 Å². The second kappa shape index (κ2) is 13.0. The lowest BCUT2D eigenvalue weighted by Gasteiger charge is -2.40. The van der Waals surface area contributed by atoms with Crippen LogP contribution in [0.2, 0.25) is 0 Å². The minimum absolute atomic E-state index is 0.178. The number of thiazole rings is 1. The van der Waals surface area contributed by atoms with Gasteiger partial charge < -0.3 is 15.6 Å². The standard InChI is InChI=1S/C39H52N4O3S/c1-36(2,3)29-20-25(12-16-39(45)15-10-11-32(39)44)19-28(33(29)37(4,5)6)24-46-30-21-27(22-41-34(30)40)31-23-42-35(47-31)26-13-17-43(18-14-26)38(7,8)9/h19-23,26,45H,10-11,13-15,17-18,24H2,1-9H3,(H2,40,41). The van der Waals surface area contributed by atoms with E-state index in [0.29, 0.717) is 36.7 Å². The van der Waals surface area contributed by atoms with E-state index in [4.69, 9.17) is 15.5 Å². The molecule has 252 valence electrons. The SMILES string of the molecule is CC(C)(C)c1cc(C#CC2(O)CCCC2=O)cc(COc2cc(-c3cnc(C4CCN(C(C)(C)C)CC4)s3)cnc2N)c1C(C)(C)C. The number of benzene rings is 1. The fourth-order valence-electron chi connectivity index (χ4n) is 6.79. The summed E-state index contributed by atoms with van der Waals surface area (Å²) in [5, 5.41) is 12.0. The maximum Gasteiger partial charge on any atom is 0.184 e. The van der Waals surface area contributed by atoms with Crippen LogP contribution in [-0.4, -0.2) is 50.0 Å². The Balaban J connectivity index is 1.42. The molecule has 3 aromatic rings. The van der Waals surface area contributed by atoms with E-state index in [1.54, 1.807) is 17.5 Å². The number of aliphatic hydroxyl groups is 1. The van der Waals surface area contributed by atoms with Gasteiger partial charge >= 0.3 is 0 Å². The molecule has 2 aromatic heterocycles. The Labute approximate surface area is 285 Å². The summed E-state index contributed by atoms with van der Waals surface area (Å²) in [5.74, 6) is 7.19. The van der Waals surface area contributed by atoms with E-state index in [9.17, 15) is 9.90 Å². The second-order valence-corrected chi connectivity index (χ2v) is 17.4. The van der Waals surface area contributed by atoms with Gasteiger partial charge in [0, 0.05) is 41.4 Å². The third-order valence-corrected chi connectivity index (χ3v) is 10.7. The number of aromatic nitrogens is 2. The van der Waals surface area contributed by atoms with Gasteiger partial charge in [0.05, 0.1) is 9.88 Å². The van der Waals surface area contributed by atoms with E-state index in [0.717, 1.165) is 53.1 Å². The number of likely N-dealkylation sites (tertiary alicyclic amines) is 1. The van der Waals surface area contributed by atoms with Crippen molar-refractivity contribution in [1.29, 1.82) is 0 Å². The number of hydrogen-bond acceptors (Lipinski definition) is 8. The summed E-state index contributed by atoms with van der Waals surface area (Å²) in [6.07, 6.45) is 7.38. The molecule has 0 bridgehead atoms. The van der Waals surface area contributed by atoms with E-state index in [2.05, 4.69) is 90.1 Å². The van der Waals surface area contributed by atoms with Crippen molar-refractivity contribution in [2.45, 2.75) is 129 Å². The monoisotopic (exact) mass is 656 g/mol. The first-order valence-corrected chi connectivity index (χ1v) is 17.7. The van der Waals surface area contributed by atoms with Crippen LogP contribution in [0.5, 0.6) is 5.75 Å². The lowest BCUT2D eigenvalue weighted by Crippen LogP contribution is -2.45. The molecule has 1 aliphatic heterocycles. The molecular formula is C39H52N4O3S. The van der Waals surface area contributed by atoms with E-state index in [1.165, 1.54) is 10.6 Å². The Hall–Kier alpha value is -3.25. The molecule has 1 atom stereocenters. The van der Waals surface area contributed by atoms with Crippen molar-refractivity contribution in [3.63, 3.8) is 0 Å². The third kappa shape index (κ3) is 7.91. The molecule has 2 aliphatic rings. The Kier molecular flexibility index (Phi) is 9.69. The van der Waals surface area contributed by atoms with Gasteiger partial charge in [-0.25, -0.2) is 9.97 Å². The highest BCUT2D eigenvalue weighted by Gasteiger charge is 2.38. The Morgan fingerprint density at radius 3 is 2.32 bits per heavy atom. The number of carbonyl (C=O) groups excluding carboxylic acids is 1. The minimum Gasteiger partial charge on any atom is -0.485 e. The maximum absolute atomic E-state index is 12.3. The van der Waals surface area contributed by atoms with Gasteiger partial charge in [0.25, 0.3) is 0 Å². The highest BCUT2D eigenvalue weighted by atomic mass is 32.1. The van der Waals surface area contributed by atoms with Crippen LogP contribution in [0.25, 0.3) is 10.4 Å². The number of nitrogens with zero attached hydrogens (tertiary/aromatic N) is 3. The number of nitrogens with two attached hydrogens (primary N) is 1. The molecule has 0 radical (unpaired) electrons. The number of pyridine rings is 1. The largest absolute Gasteiger partial charge is 0.485 e. The first kappa shape index (κ1) is 35.1. The van der Waals surface area contributed by atoms with Crippen LogP contribution >= 0.6 is 11.3 Å². The number of carbonyl (C=O) groups is 1. The molecule has 1 saturated heterocycles. The topological polar surface area (TPSA) is 102 Å². The van der Waals surface area contributed by atoms with Crippen LogP contribution in [-0.2, 0) is 22.2 Å².